The number of methoxy groups -OCH3 is 1. The number of hydrogen-bond acceptors (Lipinski definition) is 2. The van der Waals surface area contributed by atoms with Crippen LogP contribution in [0.25, 0.3) is 11.1 Å². The SMILES string of the molecule is CCc1ccc(C)c(-c2cc(C)cc(Oc3ccccc3)c2)c1OC. The highest BCUT2D eigenvalue weighted by Gasteiger charge is 2.14. The van der Waals surface area contributed by atoms with Gasteiger partial charge in [0.15, 0.2) is 0 Å². The molecule has 128 valence electrons. The van der Waals surface area contributed by atoms with Gasteiger partial charge in [-0.2, -0.15) is 0 Å². The van der Waals surface area contributed by atoms with Gasteiger partial charge in [-0.15, -0.1) is 0 Å². The second kappa shape index (κ2) is 7.43. The number of hydrogen-bond donors (Lipinski definition) is 0. The van der Waals surface area contributed by atoms with Crippen LogP contribution in [0.1, 0.15) is 23.6 Å². The Labute approximate surface area is 150 Å². The maximum atomic E-state index is 6.05. The minimum Gasteiger partial charge on any atom is -0.496 e. The first-order valence-electron chi connectivity index (χ1n) is 8.63. The molecule has 0 aromatic heterocycles. The maximum Gasteiger partial charge on any atom is 0.130 e. The normalized spacial score (nSPS) is 10.6. The summed E-state index contributed by atoms with van der Waals surface area (Å²) in [4.78, 5) is 0. The smallest absolute Gasteiger partial charge is 0.130 e. The van der Waals surface area contributed by atoms with Crippen molar-refractivity contribution in [2.24, 2.45) is 0 Å². The summed E-state index contributed by atoms with van der Waals surface area (Å²) in [6.45, 7) is 6.36. The topological polar surface area (TPSA) is 18.5 Å². The van der Waals surface area contributed by atoms with E-state index in [1.807, 2.05) is 30.3 Å². The monoisotopic (exact) mass is 332 g/mol. The van der Waals surface area contributed by atoms with Gasteiger partial charge in [0.2, 0.25) is 0 Å². The molecule has 0 heterocycles. The highest BCUT2D eigenvalue weighted by molar-refractivity contribution is 5.77. The molecular formula is C23H24O2. The summed E-state index contributed by atoms with van der Waals surface area (Å²) in [5.74, 6) is 2.63. The van der Waals surface area contributed by atoms with Crippen LogP contribution in [0.2, 0.25) is 0 Å². The van der Waals surface area contributed by atoms with Gasteiger partial charge in [-0.3, -0.25) is 0 Å². The van der Waals surface area contributed by atoms with Crippen molar-refractivity contribution in [2.45, 2.75) is 27.2 Å². The molecule has 0 aliphatic carbocycles. The molecule has 0 N–H and O–H groups in total. The molecule has 0 saturated carbocycles. The van der Waals surface area contributed by atoms with Crippen molar-refractivity contribution in [1.29, 1.82) is 0 Å². The molecule has 0 atom stereocenters. The van der Waals surface area contributed by atoms with E-state index in [9.17, 15) is 0 Å². The first-order valence-corrected chi connectivity index (χ1v) is 8.63. The van der Waals surface area contributed by atoms with Crippen LogP contribution in [0.3, 0.4) is 0 Å². The van der Waals surface area contributed by atoms with Gasteiger partial charge < -0.3 is 9.47 Å². The minimum absolute atomic E-state index is 0.838. The van der Waals surface area contributed by atoms with Crippen LogP contribution in [0.5, 0.6) is 17.2 Å². The van der Waals surface area contributed by atoms with Crippen molar-refractivity contribution in [2.75, 3.05) is 7.11 Å². The molecule has 0 amide bonds. The minimum atomic E-state index is 0.838. The van der Waals surface area contributed by atoms with E-state index in [1.165, 1.54) is 11.1 Å². The van der Waals surface area contributed by atoms with E-state index >= 15 is 0 Å². The van der Waals surface area contributed by atoms with Gasteiger partial charge in [0, 0.05) is 5.56 Å². The van der Waals surface area contributed by atoms with Crippen LogP contribution < -0.4 is 9.47 Å². The number of benzene rings is 3. The number of ether oxygens (including phenoxy) is 2. The van der Waals surface area contributed by atoms with E-state index in [2.05, 4.69) is 51.1 Å². The molecule has 3 rings (SSSR count). The van der Waals surface area contributed by atoms with Gasteiger partial charge in [-0.05, 0) is 66.8 Å². The lowest BCUT2D eigenvalue weighted by atomic mass is 9.94. The summed E-state index contributed by atoms with van der Waals surface area (Å²) < 4.78 is 11.8. The van der Waals surface area contributed by atoms with Crippen molar-refractivity contribution in [1.82, 2.24) is 0 Å². The summed E-state index contributed by atoms with van der Waals surface area (Å²) >= 11 is 0. The number of rotatable bonds is 5. The Balaban J connectivity index is 2.09. The fraction of sp³-hybridized carbons (Fsp3) is 0.217. The van der Waals surface area contributed by atoms with Gasteiger partial charge in [0.1, 0.15) is 17.2 Å². The quantitative estimate of drug-likeness (QED) is 0.543. The largest absolute Gasteiger partial charge is 0.496 e. The maximum absolute atomic E-state index is 6.05. The molecule has 2 nitrogen and oxygen atoms in total. The van der Waals surface area contributed by atoms with E-state index in [0.717, 1.165) is 40.4 Å². The molecule has 0 bridgehead atoms. The van der Waals surface area contributed by atoms with Gasteiger partial charge in [0.25, 0.3) is 0 Å². The fourth-order valence-corrected chi connectivity index (χ4v) is 3.17. The molecule has 3 aromatic rings. The van der Waals surface area contributed by atoms with E-state index in [0.29, 0.717) is 0 Å². The van der Waals surface area contributed by atoms with Crippen LogP contribution in [-0.4, -0.2) is 7.11 Å². The Hall–Kier alpha value is -2.74. The first kappa shape index (κ1) is 17.1. The van der Waals surface area contributed by atoms with Crippen molar-refractivity contribution >= 4 is 0 Å². The van der Waals surface area contributed by atoms with E-state index in [4.69, 9.17) is 9.47 Å². The summed E-state index contributed by atoms with van der Waals surface area (Å²) in [7, 11) is 1.74. The molecular weight excluding hydrogens is 308 g/mol. The van der Waals surface area contributed by atoms with Crippen molar-refractivity contribution in [3.63, 3.8) is 0 Å². The predicted molar refractivity (Wildman–Crippen MR) is 104 cm³/mol. The first-order chi connectivity index (χ1) is 12.1. The van der Waals surface area contributed by atoms with Crippen molar-refractivity contribution in [3.05, 3.63) is 77.4 Å². The van der Waals surface area contributed by atoms with Crippen molar-refractivity contribution < 1.29 is 9.47 Å². The van der Waals surface area contributed by atoms with E-state index < -0.39 is 0 Å². The lowest BCUT2D eigenvalue weighted by Crippen LogP contribution is -1.97. The average molecular weight is 332 g/mol. The fourth-order valence-electron chi connectivity index (χ4n) is 3.17. The van der Waals surface area contributed by atoms with Crippen molar-refractivity contribution in [3.8, 4) is 28.4 Å². The summed E-state index contributed by atoms with van der Waals surface area (Å²) in [5.41, 5.74) is 5.84. The molecule has 0 fully saturated rings. The second-order valence-electron chi connectivity index (χ2n) is 6.25. The molecule has 2 heteroatoms. The lowest BCUT2D eigenvalue weighted by molar-refractivity contribution is 0.411. The van der Waals surface area contributed by atoms with Crippen LogP contribution in [-0.2, 0) is 6.42 Å². The highest BCUT2D eigenvalue weighted by Crippen LogP contribution is 2.39. The molecule has 0 aliphatic heterocycles. The van der Waals surface area contributed by atoms with Gasteiger partial charge >= 0.3 is 0 Å². The zero-order valence-electron chi connectivity index (χ0n) is 15.3. The zero-order valence-corrected chi connectivity index (χ0v) is 15.3. The zero-order chi connectivity index (χ0) is 17.8. The van der Waals surface area contributed by atoms with Crippen LogP contribution in [0.4, 0.5) is 0 Å². The summed E-state index contributed by atoms with van der Waals surface area (Å²) in [5, 5.41) is 0. The Morgan fingerprint density at radius 2 is 1.60 bits per heavy atom. The summed E-state index contributed by atoms with van der Waals surface area (Å²) in [6.07, 6.45) is 0.940. The number of para-hydroxylation sites is 1. The second-order valence-corrected chi connectivity index (χ2v) is 6.25. The Morgan fingerprint density at radius 3 is 2.28 bits per heavy atom. The number of aryl methyl sites for hydroxylation is 3. The molecule has 3 aromatic carbocycles. The van der Waals surface area contributed by atoms with E-state index in [-0.39, 0.29) is 0 Å². The van der Waals surface area contributed by atoms with Crippen LogP contribution >= 0.6 is 0 Å². The lowest BCUT2D eigenvalue weighted by Gasteiger charge is -2.17. The van der Waals surface area contributed by atoms with Gasteiger partial charge in [-0.25, -0.2) is 0 Å². The molecule has 0 spiro atoms. The molecule has 0 unspecified atom stereocenters. The third-order valence-corrected chi connectivity index (χ3v) is 4.35. The highest BCUT2D eigenvalue weighted by atomic mass is 16.5. The molecule has 0 radical (unpaired) electrons. The van der Waals surface area contributed by atoms with Crippen LogP contribution in [0.15, 0.2) is 60.7 Å². The van der Waals surface area contributed by atoms with Gasteiger partial charge in [-0.1, -0.05) is 43.3 Å². The van der Waals surface area contributed by atoms with Crippen LogP contribution in [0, 0.1) is 13.8 Å². The molecule has 25 heavy (non-hydrogen) atoms. The third kappa shape index (κ3) is 3.69. The van der Waals surface area contributed by atoms with E-state index in [1.54, 1.807) is 7.11 Å². The average Bonchev–Trinajstić information content (AvgIpc) is 2.61. The Bertz CT molecular complexity index is 867. The summed E-state index contributed by atoms with van der Waals surface area (Å²) in [6, 6.07) is 20.5. The Kier molecular flexibility index (Phi) is 5.08. The molecule has 0 aliphatic rings. The Morgan fingerprint density at radius 1 is 0.840 bits per heavy atom. The standard InChI is InChI=1S/C23H24O2/c1-5-18-12-11-17(3)22(23(18)24-4)19-13-16(2)14-21(15-19)25-20-9-7-6-8-10-20/h6-15H,5H2,1-4H3. The third-order valence-electron chi connectivity index (χ3n) is 4.35. The molecule has 0 saturated heterocycles. The predicted octanol–water partition coefficient (Wildman–Crippen LogP) is 6.33. The van der Waals surface area contributed by atoms with Gasteiger partial charge in [0.05, 0.1) is 7.11 Å².